The average molecular weight is 248 g/mol. The molecule has 18 heavy (non-hydrogen) atoms. The Balaban J connectivity index is 2.44. The van der Waals surface area contributed by atoms with Crippen molar-refractivity contribution in [1.82, 2.24) is 0 Å². The quantitative estimate of drug-likeness (QED) is 0.573. The molecule has 1 rings (SSSR count). The Morgan fingerprint density at radius 1 is 1.28 bits per heavy atom. The zero-order valence-electron chi connectivity index (χ0n) is 11.2. The van der Waals surface area contributed by atoms with Gasteiger partial charge in [0.1, 0.15) is 5.75 Å². The molecule has 0 saturated carbocycles. The third-order valence-electron chi connectivity index (χ3n) is 2.64. The summed E-state index contributed by atoms with van der Waals surface area (Å²) < 4.78 is 10.0. The summed E-state index contributed by atoms with van der Waals surface area (Å²) in [6.07, 6.45) is 3.65. The van der Waals surface area contributed by atoms with Gasteiger partial charge in [-0.15, -0.1) is 0 Å². The van der Waals surface area contributed by atoms with Crippen molar-refractivity contribution >= 4 is 5.97 Å². The first kappa shape index (κ1) is 14.3. The van der Waals surface area contributed by atoms with Crippen LogP contribution in [0.5, 0.6) is 5.75 Å². The minimum atomic E-state index is -0.229. The third kappa shape index (κ3) is 4.62. The summed E-state index contributed by atoms with van der Waals surface area (Å²) >= 11 is 0. The molecule has 0 aromatic heterocycles. The molecule has 0 aliphatic heterocycles. The second-order valence-corrected chi connectivity index (χ2v) is 3.99. The van der Waals surface area contributed by atoms with Gasteiger partial charge in [0, 0.05) is 5.57 Å². The zero-order valence-corrected chi connectivity index (χ0v) is 11.2. The van der Waals surface area contributed by atoms with Crippen molar-refractivity contribution in [3.63, 3.8) is 0 Å². The topological polar surface area (TPSA) is 35.5 Å². The lowest BCUT2D eigenvalue weighted by molar-refractivity contribution is -0.138. The van der Waals surface area contributed by atoms with Gasteiger partial charge in [0.05, 0.1) is 13.7 Å². The molecule has 98 valence electrons. The summed E-state index contributed by atoms with van der Waals surface area (Å²) in [5.41, 5.74) is 1.90. The molecular formula is C15H20O3. The highest BCUT2D eigenvalue weighted by Gasteiger charge is 2.03. The number of aryl methyl sites for hydroxylation is 1. The molecule has 0 aliphatic rings. The monoisotopic (exact) mass is 248 g/mol. The van der Waals surface area contributed by atoms with Gasteiger partial charge in [-0.05, 0) is 44.4 Å². The van der Waals surface area contributed by atoms with Crippen LogP contribution >= 0.6 is 0 Å². The standard InChI is InChI=1S/C15H20O3/c1-4-18-15(16)12(2)6-5-7-13-8-10-14(17-3)11-9-13/h6,8-11H,4-5,7H2,1-3H3/b12-6-. The Labute approximate surface area is 108 Å². The Bertz CT molecular complexity index is 404. The SMILES string of the molecule is CCOC(=O)/C(C)=C\CCc1ccc(OC)cc1. The van der Waals surface area contributed by atoms with Gasteiger partial charge in [-0.25, -0.2) is 4.79 Å². The summed E-state index contributed by atoms with van der Waals surface area (Å²) in [4.78, 5) is 11.4. The molecule has 0 fully saturated rings. The van der Waals surface area contributed by atoms with Crippen LogP contribution in [0.1, 0.15) is 25.8 Å². The summed E-state index contributed by atoms with van der Waals surface area (Å²) in [5, 5.41) is 0. The van der Waals surface area contributed by atoms with E-state index >= 15 is 0 Å². The van der Waals surface area contributed by atoms with Crippen LogP contribution in [0, 0.1) is 0 Å². The lowest BCUT2D eigenvalue weighted by Crippen LogP contribution is -2.05. The number of esters is 1. The summed E-state index contributed by atoms with van der Waals surface area (Å²) in [6.45, 7) is 4.01. The maximum Gasteiger partial charge on any atom is 0.333 e. The first-order chi connectivity index (χ1) is 8.67. The summed E-state index contributed by atoms with van der Waals surface area (Å²) in [7, 11) is 1.65. The molecule has 0 bridgehead atoms. The minimum Gasteiger partial charge on any atom is -0.497 e. The Kier molecular flexibility index (Phi) is 5.98. The number of carbonyl (C=O) groups is 1. The second-order valence-electron chi connectivity index (χ2n) is 3.99. The van der Waals surface area contributed by atoms with E-state index in [9.17, 15) is 4.79 Å². The van der Waals surface area contributed by atoms with Crippen LogP contribution in [-0.2, 0) is 16.0 Å². The predicted molar refractivity (Wildman–Crippen MR) is 71.7 cm³/mol. The lowest BCUT2D eigenvalue weighted by Gasteiger charge is -2.03. The van der Waals surface area contributed by atoms with Crippen LogP contribution < -0.4 is 4.74 Å². The van der Waals surface area contributed by atoms with Crippen molar-refractivity contribution in [1.29, 1.82) is 0 Å². The summed E-state index contributed by atoms with van der Waals surface area (Å²) in [5.74, 6) is 0.629. The van der Waals surface area contributed by atoms with Crippen LogP contribution in [-0.4, -0.2) is 19.7 Å². The van der Waals surface area contributed by atoms with Crippen molar-refractivity contribution in [3.05, 3.63) is 41.5 Å². The van der Waals surface area contributed by atoms with Crippen LogP contribution in [0.4, 0.5) is 0 Å². The number of rotatable bonds is 6. The van der Waals surface area contributed by atoms with Gasteiger partial charge in [-0.3, -0.25) is 0 Å². The first-order valence-corrected chi connectivity index (χ1v) is 6.14. The molecule has 0 saturated heterocycles. The average Bonchev–Trinajstić information content (AvgIpc) is 2.39. The van der Waals surface area contributed by atoms with Crippen LogP contribution in [0.2, 0.25) is 0 Å². The molecule has 1 aromatic carbocycles. The molecule has 0 aliphatic carbocycles. The van der Waals surface area contributed by atoms with Gasteiger partial charge >= 0.3 is 5.97 Å². The smallest absolute Gasteiger partial charge is 0.333 e. The molecule has 0 amide bonds. The zero-order chi connectivity index (χ0) is 13.4. The van der Waals surface area contributed by atoms with E-state index in [4.69, 9.17) is 9.47 Å². The Morgan fingerprint density at radius 2 is 1.94 bits per heavy atom. The number of methoxy groups -OCH3 is 1. The minimum absolute atomic E-state index is 0.229. The Hall–Kier alpha value is -1.77. The number of hydrogen-bond donors (Lipinski definition) is 0. The van der Waals surface area contributed by atoms with Crippen molar-refractivity contribution in [2.75, 3.05) is 13.7 Å². The highest BCUT2D eigenvalue weighted by molar-refractivity contribution is 5.87. The van der Waals surface area contributed by atoms with E-state index in [1.165, 1.54) is 5.56 Å². The number of benzene rings is 1. The van der Waals surface area contributed by atoms with Crippen molar-refractivity contribution in [2.24, 2.45) is 0 Å². The Morgan fingerprint density at radius 3 is 2.50 bits per heavy atom. The van der Waals surface area contributed by atoms with E-state index < -0.39 is 0 Å². The molecule has 0 N–H and O–H groups in total. The third-order valence-corrected chi connectivity index (χ3v) is 2.64. The molecule has 0 heterocycles. The number of allylic oxidation sites excluding steroid dienone is 1. The molecule has 3 nitrogen and oxygen atoms in total. The second kappa shape index (κ2) is 7.54. The van der Waals surface area contributed by atoms with Crippen molar-refractivity contribution in [2.45, 2.75) is 26.7 Å². The van der Waals surface area contributed by atoms with E-state index in [0.717, 1.165) is 18.6 Å². The summed E-state index contributed by atoms with van der Waals surface area (Å²) in [6, 6.07) is 7.95. The van der Waals surface area contributed by atoms with E-state index in [0.29, 0.717) is 12.2 Å². The van der Waals surface area contributed by atoms with E-state index in [-0.39, 0.29) is 5.97 Å². The fourth-order valence-electron chi connectivity index (χ4n) is 1.58. The first-order valence-electron chi connectivity index (χ1n) is 6.14. The number of carbonyl (C=O) groups excluding carboxylic acids is 1. The largest absolute Gasteiger partial charge is 0.497 e. The van der Waals surface area contributed by atoms with E-state index in [2.05, 4.69) is 0 Å². The maximum absolute atomic E-state index is 11.4. The van der Waals surface area contributed by atoms with E-state index in [1.54, 1.807) is 14.0 Å². The fourth-order valence-corrected chi connectivity index (χ4v) is 1.58. The number of ether oxygens (including phenoxy) is 2. The van der Waals surface area contributed by atoms with Crippen LogP contribution in [0.3, 0.4) is 0 Å². The molecular weight excluding hydrogens is 228 g/mol. The lowest BCUT2D eigenvalue weighted by atomic mass is 10.1. The van der Waals surface area contributed by atoms with Crippen molar-refractivity contribution < 1.29 is 14.3 Å². The van der Waals surface area contributed by atoms with Gasteiger partial charge in [0.15, 0.2) is 0 Å². The molecule has 0 atom stereocenters. The van der Waals surface area contributed by atoms with E-state index in [1.807, 2.05) is 37.3 Å². The molecule has 0 radical (unpaired) electrons. The maximum atomic E-state index is 11.4. The fraction of sp³-hybridized carbons (Fsp3) is 0.400. The molecule has 0 spiro atoms. The highest BCUT2D eigenvalue weighted by Crippen LogP contribution is 2.13. The molecule has 1 aromatic rings. The van der Waals surface area contributed by atoms with Gasteiger partial charge in [0.25, 0.3) is 0 Å². The van der Waals surface area contributed by atoms with Gasteiger partial charge in [-0.1, -0.05) is 18.2 Å². The normalized spacial score (nSPS) is 11.2. The molecule has 0 unspecified atom stereocenters. The van der Waals surface area contributed by atoms with Crippen molar-refractivity contribution in [3.8, 4) is 5.75 Å². The highest BCUT2D eigenvalue weighted by atomic mass is 16.5. The molecule has 3 heteroatoms. The van der Waals surface area contributed by atoms with Gasteiger partial charge in [0.2, 0.25) is 0 Å². The van der Waals surface area contributed by atoms with Crippen LogP contribution in [0.15, 0.2) is 35.9 Å². The van der Waals surface area contributed by atoms with Crippen LogP contribution in [0.25, 0.3) is 0 Å². The van der Waals surface area contributed by atoms with Gasteiger partial charge < -0.3 is 9.47 Å². The van der Waals surface area contributed by atoms with Gasteiger partial charge in [-0.2, -0.15) is 0 Å². The predicted octanol–water partition coefficient (Wildman–Crippen LogP) is 3.14. The number of hydrogen-bond acceptors (Lipinski definition) is 3.